The molecule has 2 rings (SSSR count). The molecule has 0 aliphatic rings. The lowest BCUT2D eigenvalue weighted by molar-refractivity contribution is 0.0520. The predicted octanol–water partition coefficient (Wildman–Crippen LogP) is 3.47. The molecule has 0 saturated carbocycles. The number of hydrogen-bond acceptors (Lipinski definition) is 4. The number of halogens is 1. The van der Waals surface area contributed by atoms with Crippen LogP contribution in [0.4, 0.5) is 9.18 Å². The highest BCUT2D eigenvalue weighted by atomic mass is 19.1. The second-order valence-electron chi connectivity index (χ2n) is 6.90. The molecule has 7 nitrogen and oxygen atoms in total. The van der Waals surface area contributed by atoms with Crippen molar-refractivity contribution >= 4 is 12.1 Å². The van der Waals surface area contributed by atoms with Gasteiger partial charge in [0.2, 0.25) is 0 Å². The monoisotopic (exact) mass is 363 g/mol. The number of ether oxygens (including phenoxy) is 1. The third-order valence-electron chi connectivity index (χ3n) is 3.45. The van der Waals surface area contributed by atoms with E-state index in [-0.39, 0.29) is 18.1 Å². The summed E-state index contributed by atoms with van der Waals surface area (Å²) in [7, 11) is 0. The first kappa shape index (κ1) is 19.4. The van der Waals surface area contributed by atoms with Crippen molar-refractivity contribution in [2.45, 2.75) is 39.3 Å². The standard InChI is InChI=1S/C18H22FN3O4/c1-11(10-20-17(25)26-18(2,3)4)22-15(16(23)24)9-14(21-22)12-5-7-13(19)8-6-12/h5-9,11H,10H2,1-4H3,(H,20,25)(H,23,24)/t11-/m1/s1. The quantitative estimate of drug-likeness (QED) is 0.848. The molecule has 0 fully saturated rings. The van der Waals surface area contributed by atoms with Gasteiger partial charge in [0.15, 0.2) is 0 Å². The fourth-order valence-electron chi connectivity index (χ4n) is 2.28. The zero-order valence-electron chi connectivity index (χ0n) is 15.1. The van der Waals surface area contributed by atoms with Crippen molar-refractivity contribution < 1.29 is 23.8 Å². The van der Waals surface area contributed by atoms with Gasteiger partial charge in [0.05, 0.1) is 11.7 Å². The number of alkyl carbamates (subject to hydrolysis) is 1. The molecule has 1 amide bonds. The molecule has 140 valence electrons. The van der Waals surface area contributed by atoms with Gasteiger partial charge < -0.3 is 15.2 Å². The van der Waals surface area contributed by atoms with Crippen LogP contribution in [0.2, 0.25) is 0 Å². The van der Waals surface area contributed by atoms with Gasteiger partial charge in [-0.2, -0.15) is 5.10 Å². The molecule has 1 atom stereocenters. The number of aromatic nitrogens is 2. The number of amides is 1. The lowest BCUT2D eigenvalue weighted by atomic mass is 10.1. The van der Waals surface area contributed by atoms with Gasteiger partial charge in [0.1, 0.15) is 17.1 Å². The van der Waals surface area contributed by atoms with Crippen molar-refractivity contribution in [2.24, 2.45) is 0 Å². The van der Waals surface area contributed by atoms with E-state index in [0.29, 0.717) is 11.3 Å². The van der Waals surface area contributed by atoms with E-state index in [4.69, 9.17) is 4.74 Å². The summed E-state index contributed by atoms with van der Waals surface area (Å²) in [6.07, 6.45) is -0.591. The SMILES string of the molecule is C[C@H](CNC(=O)OC(C)(C)C)n1nc(-c2ccc(F)cc2)cc1C(=O)O. The fourth-order valence-corrected chi connectivity index (χ4v) is 2.28. The second kappa shape index (κ2) is 7.55. The Balaban J connectivity index is 2.18. The number of nitrogens with zero attached hydrogens (tertiary/aromatic N) is 2. The lowest BCUT2D eigenvalue weighted by Gasteiger charge is -2.21. The molecule has 2 aromatic rings. The van der Waals surface area contributed by atoms with Gasteiger partial charge in [0.25, 0.3) is 0 Å². The summed E-state index contributed by atoms with van der Waals surface area (Å²) >= 11 is 0. The average molecular weight is 363 g/mol. The van der Waals surface area contributed by atoms with Gasteiger partial charge >= 0.3 is 12.1 Å². The van der Waals surface area contributed by atoms with Crippen LogP contribution in [0.15, 0.2) is 30.3 Å². The molecule has 26 heavy (non-hydrogen) atoms. The average Bonchev–Trinajstić information content (AvgIpc) is 2.97. The van der Waals surface area contributed by atoms with Gasteiger partial charge in [-0.05, 0) is 58.0 Å². The summed E-state index contributed by atoms with van der Waals surface area (Å²) in [6, 6.07) is 6.60. The van der Waals surface area contributed by atoms with E-state index in [9.17, 15) is 19.1 Å². The van der Waals surface area contributed by atoms with Crippen LogP contribution in [0.5, 0.6) is 0 Å². The van der Waals surface area contributed by atoms with Crippen LogP contribution in [0.3, 0.4) is 0 Å². The molecule has 0 unspecified atom stereocenters. The number of carboxylic acids is 1. The molecule has 0 saturated heterocycles. The van der Waals surface area contributed by atoms with E-state index in [1.54, 1.807) is 27.7 Å². The normalized spacial score (nSPS) is 12.5. The molecular weight excluding hydrogens is 341 g/mol. The maximum atomic E-state index is 13.1. The van der Waals surface area contributed by atoms with Crippen molar-refractivity contribution in [1.29, 1.82) is 0 Å². The fraction of sp³-hybridized carbons (Fsp3) is 0.389. The van der Waals surface area contributed by atoms with Crippen LogP contribution in [-0.4, -0.2) is 39.1 Å². The van der Waals surface area contributed by atoms with Crippen LogP contribution in [0.25, 0.3) is 11.3 Å². The number of carboxylic acid groups (broad SMARTS) is 1. The van der Waals surface area contributed by atoms with Crippen molar-refractivity contribution in [3.05, 3.63) is 41.8 Å². The Hall–Kier alpha value is -2.90. The smallest absolute Gasteiger partial charge is 0.407 e. The highest BCUT2D eigenvalue weighted by Crippen LogP contribution is 2.22. The minimum Gasteiger partial charge on any atom is -0.477 e. The molecular formula is C18H22FN3O4. The molecule has 0 spiro atoms. The third kappa shape index (κ3) is 5.05. The molecule has 1 aromatic heterocycles. The topological polar surface area (TPSA) is 93.5 Å². The first-order chi connectivity index (χ1) is 12.1. The van der Waals surface area contributed by atoms with Crippen LogP contribution in [0, 0.1) is 5.82 Å². The minimum atomic E-state index is -1.14. The highest BCUT2D eigenvalue weighted by molar-refractivity contribution is 5.87. The number of benzene rings is 1. The maximum absolute atomic E-state index is 13.1. The molecule has 0 aliphatic heterocycles. The largest absolute Gasteiger partial charge is 0.477 e. The van der Waals surface area contributed by atoms with E-state index < -0.39 is 23.7 Å². The third-order valence-corrected chi connectivity index (χ3v) is 3.45. The Morgan fingerprint density at radius 1 is 1.31 bits per heavy atom. The highest BCUT2D eigenvalue weighted by Gasteiger charge is 2.21. The summed E-state index contributed by atoms with van der Waals surface area (Å²) in [5.74, 6) is -1.53. The first-order valence-corrected chi connectivity index (χ1v) is 8.12. The second-order valence-corrected chi connectivity index (χ2v) is 6.90. The number of aromatic carboxylic acids is 1. The Bertz CT molecular complexity index is 794. The lowest BCUT2D eigenvalue weighted by Crippen LogP contribution is -2.36. The summed E-state index contributed by atoms with van der Waals surface area (Å²) in [5.41, 5.74) is 0.357. The van der Waals surface area contributed by atoms with Crippen LogP contribution in [-0.2, 0) is 4.74 Å². The number of carbonyl (C=O) groups is 2. The molecule has 0 bridgehead atoms. The van der Waals surface area contributed by atoms with Gasteiger partial charge in [-0.15, -0.1) is 0 Å². The number of rotatable bonds is 5. The predicted molar refractivity (Wildman–Crippen MR) is 93.5 cm³/mol. The van der Waals surface area contributed by atoms with E-state index in [0.717, 1.165) is 0 Å². The molecule has 8 heteroatoms. The van der Waals surface area contributed by atoms with Gasteiger partial charge in [-0.1, -0.05) is 0 Å². The van der Waals surface area contributed by atoms with Crippen LogP contribution >= 0.6 is 0 Å². The number of carbonyl (C=O) groups excluding carboxylic acids is 1. The van der Waals surface area contributed by atoms with Gasteiger partial charge in [-0.3, -0.25) is 4.68 Å². The molecule has 1 aromatic carbocycles. The summed E-state index contributed by atoms with van der Waals surface area (Å²) in [4.78, 5) is 23.3. The van der Waals surface area contributed by atoms with Crippen molar-refractivity contribution in [1.82, 2.24) is 15.1 Å². The Kier molecular flexibility index (Phi) is 5.64. The summed E-state index contributed by atoms with van der Waals surface area (Å²) in [6.45, 7) is 7.12. The molecule has 0 aliphatic carbocycles. The van der Waals surface area contributed by atoms with Crippen LogP contribution in [0.1, 0.15) is 44.2 Å². The molecule has 1 heterocycles. The number of nitrogens with one attached hydrogen (secondary N) is 1. The Morgan fingerprint density at radius 3 is 2.46 bits per heavy atom. The van der Waals surface area contributed by atoms with E-state index in [1.807, 2.05) is 0 Å². The van der Waals surface area contributed by atoms with Gasteiger partial charge in [0, 0.05) is 12.1 Å². The van der Waals surface area contributed by atoms with E-state index >= 15 is 0 Å². The van der Waals surface area contributed by atoms with Crippen molar-refractivity contribution in [3.8, 4) is 11.3 Å². The Labute approximate surface area is 150 Å². The van der Waals surface area contributed by atoms with Crippen molar-refractivity contribution in [2.75, 3.05) is 6.54 Å². The zero-order valence-corrected chi connectivity index (χ0v) is 15.1. The van der Waals surface area contributed by atoms with E-state index in [1.165, 1.54) is 35.0 Å². The van der Waals surface area contributed by atoms with Gasteiger partial charge in [-0.25, -0.2) is 14.0 Å². The zero-order chi connectivity index (χ0) is 19.5. The van der Waals surface area contributed by atoms with E-state index in [2.05, 4.69) is 10.4 Å². The summed E-state index contributed by atoms with van der Waals surface area (Å²) in [5, 5.41) is 16.3. The van der Waals surface area contributed by atoms with Crippen LogP contribution < -0.4 is 5.32 Å². The number of hydrogen-bond donors (Lipinski definition) is 2. The minimum absolute atomic E-state index is 0.0252. The maximum Gasteiger partial charge on any atom is 0.407 e. The van der Waals surface area contributed by atoms with Crippen molar-refractivity contribution in [3.63, 3.8) is 0 Å². The molecule has 2 N–H and O–H groups in total. The summed E-state index contributed by atoms with van der Waals surface area (Å²) < 4.78 is 19.5. The Morgan fingerprint density at radius 2 is 1.92 bits per heavy atom. The first-order valence-electron chi connectivity index (χ1n) is 8.12. The molecule has 0 radical (unpaired) electrons.